The van der Waals surface area contributed by atoms with Crippen LogP contribution in [-0.4, -0.2) is 17.7 Å². The molecule has 0 fully saturated rings. The Bertz CT molecular complexity index is 431. The van der Waals surface area contributed by atoms with Crippen LogP contribution in [0.15, 0.2) is 18.2 Å². The first-order valence-corrected chi connectivity index (χ1v) is 6.99. The fraction of sp³-hybridized carbons (Fsp3) is 0.533. The zero-order chi connectivity index (χ0) is 14.4. The molecule has 0 spiro atoms. The Hall–Kier alpha value is -1.06. The van der Waals surface area contributed by atoms with Gasteiger partial charge in [-0.25, -0.2) is 0 Å². The largest absolute Gasteiger partial charge is 0.466 e. The number of aliphatic hydroxyl groups is 1. The van der Waals surface area contributed by atoms with Gasteiger partial charge in [-0.3, -0.25) is 4.79 Å². The van der Waals surface area contributed by atoms with E-state index in [1.54, 1.807) is 25.1 Å². The van der Waals surface area contributed by atoms with Crippen LogP contribution < -0.4 is 0 Å². The van der Waals surface area contributed by atoms with E-state index in [0.29, 0.717) is 18.1 Å². The Labute approximate surface area is 119 Å². The number of rotatable bonds is 6. The number of hydrogen-bond donors (Lipinski definition) is 1. The van der Waals surface area contributed by atoms with Gasteiger partial charge in [0.25, 0.3) is 0 Å². The molecule has 0 saturated carbocycles. The Kier molecular flexibility index (Phi) is 6.32. The highest BCUT2D eigenvalue weighted by Crippen LogP contribution is 2.30. The lowest BCUT2D eigenvalue weighted by Crippen LogP contribution is -2.25. The number of ether oxygens (including phenoxy) is 1. The summed E-state index contributed by atoms with van der Waals surface area (Å²) in [5, 5.41) is 11.1. The van der Waals surface area contributed by atoms with Gasteiger partial charge in [-0.2, -0.15) is 0 Å². The number of esters is 1. The molecule has 0 amide bonds. The molecule has 0 aliphatic rings. The fourth-order valence-electron chi connectivity index (χ4n) is 2.15. The summed E-state index contributed by atoms with van der Waals surface area (Å²) in [5.41, 5.74) is 1.61. The van der Waals surface area contributed by atoms with Crippen LogP contribution in [0.4, 0.5) is 0 Å². The van der Waals surface area contributed by atoms with Crippen LogP contribution in [0.25, 0.3) is 0 Å². The summed E-state index contributed by atoms with van der Waals surface area (Å²) in [4.78, 5) is 11.9. The summed E-state index contributed by atoms with van der Waals surface area (Å²) in [6.45, 7) is 5.94. The van der Waals surface area contributed by atoms with Crippen molar-refractivity contribution >= 4 is 17.6 Å². The molecule has 0 bridgehead atoms. The molecule has 1 aromatic rings. The predicted molar refractivity (Wildman–Crippen MR) is 76.2 cm³/mol. The molecule has 0 heterocycles. The van der Waals surface area contributed by atoms with E-state index in [0.717, 1.165) is 17.5 Å². The summed E-state index contributed by atoms with van der Waals surface area (Å²) in [7, 11) is 0. The Morgan fingerprint density at radius 2 is 2.11 bits per heavy atom. The first kappa shape index (κ1) is 16.0. The molecule has 1 rings (SSSR count). The average Bonchev–Trinajstić information content (AvgIpc) is 2.35. The Balaban J connectivity index is 2.98. The zero-order valence-electron chi connectivity index (χ0n) is 11.6. The third-order valence-corrected chi connectivity index (χ3v) is 3.36. The van der Waals surface area contributed by atoms with Crippen LogP contribution in [0, 0.1) is 12.8 Å². The molecule has 0 saturated heterocycles. The lowest BCUT2D eigenvalue weighted by molar-refractivity contribution is -0.152. The molecule has 2 atom stereocenters. The van der Waals surface area contributed by atoms with Crippen LogP contribution in [0.3, 0.4) is 0 Å². The average molecular weight is 285 g/mol. The number of carbonyl (C=O) groups excluding carboxylic acids is 1. The minimum absolute atomic E-state index is 0.325. The Morgan fingerprint density at radius 1 is 1.42 bits per heavy atom. The third kappa shape index (κ3) is 4.22. The van der Waals surface area contributed by atoms with Crippen molar-refractivity contribution in [3.63, 3.8) is 0 Å². The molecular formula is C15H21ClO3. The molecule has 3 nitrogen and oxygen atoms in total. The van der Waals surface area contributed by atoms with Gasteiger partial charge >= 0.3 is 5.97 Å². The standard InChI is InChI=1S/C15H21ClO3/c1-4-6-13(15(18)19-5-2)14(17)12-8-7-11(16)9-10(12)3/h7-9,13-14,17H,4-6H2,1-3H3. The number of benzene rings is 1. The summed E-state index contributed by atoms with van der Waals surface area (Å²) >= 11 is 5.90. The fourth-order valence-corrected chi connectivity index (χ4v) is 2.38. The van der Waals surface area contributed by atoms with Crippen molar-refractivity contribution in [3.8, 4) is 0 Å². The maximum atomic E-state index is 11.9. The van der Waals surface area contributed by atoms with Crippen molar-refractivity contribution < 1.29 is 14.6 Å². The highest BCUT2D eigenvalue weighted by molar-refractivity contribution is 6.30. The van der Waals surface area contributed by atoms with Crippen LogP contribution in [-0.2, 0) is 9.53 Å². The lowest BCUT2D eigenvalue weighted by Gasteiger charge is -2.22. The van der Waals surface area contributed by atoms with Gasteiger partial charge in [0.1, 0.15) is 0 Å². The second-order valence-electron chi connectivity index (χ2n) is 4.59. The van der Waals surface area contributed by atoms with Crippen LogP contribution >= 0.6 is 11.6 Å². The number of halogens is 1. The summed E-state index contributed by atoms with van der Waals surface area (Å²) < 4.78 is 5.04. The maximum Gasteiger partial charge on any atom is 0.311 e. The predicted octanol–water partition coefficient (Wildman–Crippen LogP) is 3.66. The van der Waals surface area contributed by atoms with Gasteiger partial charge in [-0.05, 0) is 43.5 Å². The van der Waals surface area contributed by atoms with Gasteiger partial charge in [-0.15, -0.1) is 0 Å². The van der Waals surface area contributed by atoms with Crippen molar-refractivity contribution in [1.82, 2.24) is 0 Å². The van der Waals surface area contributed by atoms with Crippen molar-refractivity contribution in [3.05, 3.63) is 34.3 Å². The zero-order valence-corrected chi connectivity index (χ0v) is 12.4. The number of aliphatic hydroxyl groups excluding tert-OH is 1. The topological polar surface area (TPSA) is 46.5 Å². The van der Waals surface area contributed by atoms with Gasteiger partial charge in [0.05, 0.1) is 18.6 Å². The Morgan fingerprint density at radius 3 is 2.63 bits per heavy atom. The molecule has 2 unspecified atom stereocenters. The van der Waals surface area contributed by atoms with Crippen LogP contribution in [0.2, 0.25) is 5.02 Å². The minimum atomic E-state index is -0.851. The minimum Gasteiger partial charge on any atom is -0.466 e. The summed E-state index contributed by atoms with van der Waals surface area (Å²) in [5.74, 6) is -0.865. The molecule has 0 aromatic heterocycles. The van der Waals surface area contributed by atoms with Crippen molar-refractivity contribution in [2.45, 2.75) is 39.7 Å². The molecule has 1 N–H and O–H groups in total. The second kappa shape index (κ2) is 7.51. The molecule has 0 aliphatic heterocycles. The third-order valence-electron chi connectivity index (χ3n) is 3.12. The van der Waals surface area contributed by atoms with E-state index in [-0.39, 0.29) is 5.97 Å². The highest BCUT2D eigenvalue weighted by Gasteiger charge is 2.29. The van der Waals surface area contributed by atoms with Crippen molar-refractivity contribution in [2.75, 3.05) is 6.61 Å². The second-order valence-corrected chi connectivity index (χ2v) is 5.03. The van der Waals surface area contributed by atoms with Gasteiger partial charge in [0.15, 0.2) is 0 Å². The van der Waals surface area contributed by atoms with Gasteiger partial charge < -0.3 is 9.84 Å². The van der Waals surface area contributed by atoms with E-state index in [2.05, 4.69) is 0 Å². The van der Waals surface area contributed by atoms with Gasteiger partial charge in [0, 0.05) is 5.02 Å². The van der Waals surface area contributed by atoms with Crippen molar-refractivity contribution in [2.24, 2.45) is 5.92 Å². The molecule has 1 aromatic carbocycles. The maximum absolute atomic E-state index is 11.9. The molecular weight excluding hydrogens is 264 g/mol. The summed E-state index contributed by atoms with van der Waals surface area (Å²) in [6.07, 6.45) is 0.561. The lowest BCUT2D eigenvalue weighted by atomic mass is 9.89. The molecule has 4 heteroatoms. The molecule has 0 aliphatic carbocycles. The summed E-state index contributed by atoms with van der Waals surface area (Å²) in [6, 6.07) is 5.28. The number of hydrogen-bond acceptors (Lipinski definition) is 3. The normalized spacial score (nSPS) is 13.9. The SMILES string of the molecule is CCCC(C(=O)OCC)C(O)c1ccc(Cl)cc1C. The van der Waals surface area contributed by atoms with Crippen LogP contribution in [0.1, 0.15) is 43.9 Å². The van der Waals surface area contributed by atoms with Crippen molar-refractivity contribution in [1.29, 1.82) is 0 Å². The quantitative estimate of drug-likeness (QED) is 0.811. The first-order chi connectivity index (χ1) is 9.01. The van der Waals surface area contributed by atoms with E-state index < -0.39 is 12.0 Å². The van der Waals surface area contributed by atoms with E-state index in [1.807, 2.05) is 13.8 Å². The first-order valence-electron chi connectivity index (χ1n) is 6.62. The van der Waals surface area contributed by atoms with E-state index in [1.165, 1.54) is 0 Å². The van der Waals surface area contributed by atoms with E-state index in [9.17, 15) is 9.90 Å². The van der Waals surface area contributed by atoms with Crippen LogP contribution in [0.5, 0.6) is 0 Å². The van der Waals surface area contributed by atoms with Gasteiger partial charge in [-0.1, -0.05) is 31.0 Å². The van der Waals surface area contributed by atoms with E-state index >= 15 is 0 Å². The molecule has 106 valence electrons. The number of aryl methyl sites for hydroxylation is 1. The monoisotopic (exact) mass is 284 g/mol. The van der Waals surface area contributed by atoms with E-state index in [4.69, 9.17) is 16.3 Å². The number of carbonyl (C=O) groups is 1. The highest BCUT2D eigenvalue weighted by atomic mass is 35.5. The molecule has 0 radical (unpaired) electrons. The molecule has 19 heavy (non-hydrogen) atoms. The van der Waals surface area contributed by atoms with Gasteiger partial charge in [0.2, 0.25) is 0 Å². The smallest absolute Gasteiger partial charge is 0.311 e.